The second-order valence-corrected chi connectivity index (χ2v) is 8.68. The van der Waals surface area contributed by atoms with Crippen LogP contribution in [0.4, 0.5) is 18.9 Å². The molecule has 37 heavy (non-hydrogen) atoms. The van der Waals surface area contributed by atoms with Crippen LogP contribution in [0.2, 0.25) is 0 Å². The molecular weight excluding hydrogens is 487 g/mol. The second-order valence-electron chi connectivity index (χ2n) is 8.68. The Balaban J connectivity index is 1.91. The van der Waals surface area contributed by atoms with Gasteiger partial charge in [-0.15, -0.1) is 0 Å². The highest BCUT2D eigenvalue weighted by Gasteiger charge is 2.47. The van der Waals surface area contributed by atoms with Crippen molar-refractivity contribution in [1.82, 2.24) is 0 Å². The van der Waals surface area contributed by atoms with Crippen molar-refractivity contribution in [2.45, 2.75) is 32.2 Å². The number of hydrogen-bond acceptors (Lipinski definition) is 5. The van der Waals surface area contributed by atoms with Crippen LogP contribution in [-0.4, -0.2) is 30.0 Å². The molecule has 0 bridgehead atoms. The van der Waals surface area contributed by atoms with Crippen molar-refractivity contribution in [1.29, 1.82) is 0 Å². The molecule has 192 valence electrons. The summed E-state index contributed by atoms with van der Waals surface area (Å²) < 4.78 is 51.2. The summed E-state index contributed by atoms with van der Waals surface area (Å²) in [6.07, 6.45) is -4.81. The van der Waals surface area contributed by atoms with E-state index in [1.165, 1.54) is 19.2 Å². The van der Waals surface area contributed by atoms with Crippen molar-refractivity contribution >= 4 is 23.1 Å². The maximum Gasteiger partial charge on any atom is 0.416 e. The molecule has 9 heteroatoms. The van der Waals surface area contributed by atoms with Gasteiger partial charge in [0.2, 0.25) is 0 Å². The molecule has 1 atom stereocenters. The van der Waals surface area contributed by atoms with Gasteiger partial charge in [0.05, 0.1) is 30.4 Å². The van der Waals surface area contributed by atoms with Gasteiger partial charge in [-0.25, -0.2) is 0 Å². The minimum absolute atomic E-state index is 0.131. The molecule has 0 radical (unpaired) electrons. The van der Waals surface area contributed by atoms with Gasteiger partial charge in [0.15, 0.2) is 0 Å². The Morgan fingerprint density at radius 1 is 0.946 bits per heavy atom. The van der Waals surface area contributed by atoms with E-state index in [0.717, 1.165) is 23.1 Å². The second kappa shape index (κ2) is 10.0. The molecule has 1 amide bonds. The van der Waals surface area contributed by atoms with Crippen LogP contribution >= 0.6 is 0 Å². The first kappa shape index (κ1) is 25.8. The number of ether oxygens (including phenoxy) is 2. The lowest BCUT2D eigenvalue weighted by atomic mass is 9.95. The molecule has 3 aromatic carbocycles. The zero-order valence-corrected chi connectivity index (χ0v) is 20.2. The van der Waals surface area contributed by atoms with Crippen molar-refractivity contribution in [3.63, 3.8) is 0 Å². The molecule has 4 rings (SSSR count). The van der Waals surface area contributed by atoms with E-state index >= 15 is 0 Å². The van der Waals surface area contributed by atoms with Crippen molar-refractivity contribution in [2.24, 2.45) is 0 Å². The minimum atomic E-state index is -4.66. The van der Waals surface area contributed by atoms with Crippen LogP contribution in [0.1, 0.15) is 36.6 Å². The van der Waals surface area contributed by atoms with Gasteiger partial charge >= 0.3 is 6.18 Å². The fraction of sp³-hybridized carbons (Fsp3) is 0.214. The van der Waals surface area contributed by atoms with E-state index in [4.69, 9.17) is 9.47 Å². The molecule has 1 fully saturated rings. The molecule has 0 saturated carbocycles. The summed E-state index contributed by atoms with van der Waals surface area (Å²) in [5.74, 6) is -1.62. The van der Waals surface area contributed by atoms with E-state index in [2.05, 4.69) is 0 Å². The number of benzene rings is 3. The number of aliphatic hydroxyl groups is 1. The smallest absolute Gasteiger partial charge is 0.416 e. The van der Waals surface area contributed by atoms with E-state index in [-0.39, 0.29) is 22.9 Å². The molecule has 0 spiro atoms. The predicted octanol–water partition coefficient (Wildman–Crippen LogP) is 6.13. The number of ketones is 1. The summed E-state index contributed by atoms with van der Waals surface area (Å²) in [5.41, 5.74) is -0.742. The summed E-state index contributed by atoms with van der Waals surface area (Å²) in [6, 6.07) is 15.7. The van der Waals surface area contributed by atoms with Crippen molar-refractivity contribution < 1.29 is 37.3 Å². The molecule has 1 heterocycles. The standard InChI is InChI=1S/C28H24F3NO5/c1-16(2)37-22-9-4-6-18(14-22)25(33)23-24(17-10-12-21(36-3)13-11-17)32(27(35)26(23)34)20-8-5-7-19(15-20)28(29,30)31/h4-16,24,33H,1-3H3/b25-23+. The van der Waals surface area contributed by atoms with Crippen LogP contribution in [0.15, 0.2) is 78.4 Å². The molecular formula is C28H24F3NO5. The molecule has 3 aromatic rings. The summed E-state index contributed by atoms with van der Waals surface area (Å²) in [7, 11) is 1.47. The first-order chi connectivity index (χ1) is 17.5. The Kier molecular flexibility index (Phi) is 6.98. The average molecular weight is 511 g/mol. The maximum atomic E-state index is 13.4. The number of aliphatic hydroxyl groups excluding tert-OH is 1. The van der Waals surface area contributed by atoms with Gasteiger partial charge in [-0.05, 0) is 61.9 Å². The number of halogens is 3. The summed E-state index contributed by atoms with van der Waals surface area (Å²) in [6.45, 7) is 3.66. The minimum Gasteiger partial charge on any atom is -0.507 e. The van der Waals surface area contributed by atoms with E-state index in [1.54, 1.807) is 42.5 Å². The van der Waals surface area contributed by atoms with Gasteiger partial charge in [0.1, 0.15) is 17.3 Å². The SMILES string of the molecule is COc1ccc(C2/C(=C(\O)c3cccc(OC(C)C)c3)C(=O)C(=O)N2c2cccc(C(F)(F)F)c2)cc1. The third-order valence-corrected chi connectivity index (χ3v) is 5.81. The van der Waals surface area contributed by atoms with Gasteiger partial charge in [-0.2, -0.15) is 13.2 Å². The quantitative estimate of drug-likeness (QED) is 0.245. The molecule has 1 N–H and O–H groups in total. The zero-order chi connectivity index (χ0) is 26.9. The lowest BCUT2D eigenvalue weighted by molar-refractivity contribution is -0.137. The van der Waals surface area contributed by atoms with E-state index < -0.39 is 35.2 Å². The molecule has 0 aromatic heterocycles. The first-order valence-corrected chi connectivity index (χ1v) is 11.4. The van der Waals surface area contributed by atoms with Crippen molar-refractivity contribution in [3.05, 3.63) is 95.1 Å². The summed E-state index contributed by atoms with van der Waals surface area (Å²) >= 11 is 0. The highest BCUT2D eigenvalue weighted by Crippen LogP contribution is 2.44. The van der Waals surface area contributed by atoms with Crippen LogP contribution in [-0.2, 0) is 15.8 Å². The van der Waals surface area contributed by atoms with Crippen LogP contribution in [0.5, 0.6) is 11.5 Å². The van der Waals surface area contributed by atoms with Crippen LogP contribution in [0.3, 0.4) is 0 Å². The van der Waals surface area contributed by atoms with Gasteiger partial charge in [0.25, 0.3) is 11.7 Å². The normalized spacial score (nSPS) is 17.4. The highest BCUT2D eigenvalue weighted by molar-refractivity contribution is 6.51. The summed E-state index contributed by atoms with van der Waals surface area (Å²) in [5, 5.41) is 11.3. The number of amides is 1. The summed E-state index contributed by atoms with van der Waals surface area (Å²) in [4.78, 5) is 27.5. The molecule has 1 unspecified atom stereocenters. The number of Topliss-reactive ketones (excluding diaryl/α,β-unsaturated/α-hetero) is 1. The van der Waals surface area contributed by atoms with Crippen LogP contribution < -0.4 is 14.4 Å². The third-order valence-electron chi connectivity index (χ3n) is 5.81. The van der Waals surface area contributed by atoms with E-state index in [0.29, 0.717) is 17.1 Å². The molecule has 6 nitrogen and oxygen atoms in total. The number of anilines is 1. The fourth-order valence-corrected chi connectivity index (χ4v) is 4.18. The average Bonchev–Trinajstić information content (AvgIpc) is 3.13. The topological polar surface area (TPSA) is 76.1 Å². The zero-order valence-electron chi connectivity index (χ0n) is 20.2. The van der Waals surface area contributed by atoms with Gasteiger partial charge in [-0.3, -0.25) is 14.5 Å². The number of carbonyl (C=O) groups is 2. The Bertz CT molecular complexity index is 1360. The Labute approximate surface area is 211 Å². The monoisotopic (exact) mass is 511 g/mol. The number of carbonyl (C=O) groups excluding carboxylic acids is 2. The van der Waals surface area contributed by atoms with E-state index in [1.807, 2.05) is 13.8 Å². The van der Waals surface area contributed by atoms with Gasteiger partial charge in [0, 0.05) is 11.3 Å². The van der Waals surface area contributed by atoms with Gasteiger partial charge < -0.3 is 14.6 Å². The number of alkyl halides is 3. The van der Waals surface area contributed by atoms with Gasteiger partial charge in [-0.1, -0.05) is 30.3 Å². The highest BCUT2D eigenvalue weighted by atomic mass is 19.4. The maximum absolute atomic E-state index is 13.4. The first-order valence-electron chi connectivity index (χ1n) is 11.4. The number of nitrogens with zero attached hydrogens (tertiary/aromatic N) is 1. The number of hydrogen-bond donors (Lipinski definition) is 1. The predicted molar refractivity (Wildman–Crippen MR) is 131 cm³/mol. The lowest BCUT2D eigenvalue weighted by Gasteiger charge is -2.26. The van der Waals surface area contributed by atoms with Crippen LogP contribution in [0, 0.1) is 0 Å². The Morgan fingerprint density at radius 3 is 2.24 bits per heavy atom. The molecule has 1 saturated heterocycles. The van der Waals surface area contributed by atoms with Crippen LogP contribution in [0.25, 0.3) is 5.76 Å². The number of rotatable bonds is 6. The lowest BCUT2D eigenvalue weighted by Crippen LogP contribution is -2.29. The largest absolute Gasteiger partial charge is 0.507 e. The third kappa shape index (κ3) is 5.16. The number of methoxy groups -OCH3 is 1. The fourth-order valence-electron chi connectivity index (χ4n) is 4.18. The van der Waals surface area contributed by atoms with Crippen molar-refractivity contribution in [2.75, 3.05) is 12.0 Å². The van der Waals surface area contributed by atoms with Crippen molar-refractivity contribution in [3.8, 4) is 11.5 Å². The molecule has 1 aliphatic heterocycles. The van der Waals surface area contributed by atoms with E-state index in [9.17, 15) is 27.9 Å². The molecule has 0 aliphatic carbocycles. The molecule has 1 aliphatic rings. The Morgan fingerprint density at radius 2 is 1.62 bits per heavy atom. The Hall–Kier alpha value is -4.27.